The molecule has 7 heteroatoms. The SMILES string of the molecule is O=C(NCc1nc2ccccc2s1)Nc1cccc(C(=O)NC2CC2)c1. The quantitative estimate of drug-likeness (QED) is 0.646. The monoisotopic (exact) mass is 366 g/mol. The van der Waals surface area contributed by atoms with Crippen LogP contribution in [0.4, 0.5) is 10.5 Å². The van der Waals surface area contributed by atoms with Crippen molar-refractivity contribution in [1.82, 2.24) is 15.6 Å². The van der Waals surface area contributed by atoms with Gasteiger partial charge in [-0.05, 0) is 43.2 Å². The van der Waals surface area contributed by atoms with Gasteiger partial charge in [-0.3, -0.25) is 4.79 Å². The maximum absolute atomic E-state index is 12.1. The van der Waals surface area contributed by atoms with Crippen LogP contribution in [-0.2, 0) is 6.54 Å². The summed E-state index contributed by atoms with van der Waals surface area (Å²) in [5.74, 6) is -0.106. The van der Waals surface area contributed by atoms with Crippen molar-refractivity contribution < 1.29 is 9.59 Å². The van der Waals surface area contributed by atoms with Crippen LogP contribution in [-0.4, -0.2) is 23.0 Å². The Hall–Kier alpha value is -2.93. The standard InChI is InChI=1S/C19H18N4O2S/c24-18(21-13-8-9-13)12-4-3-5-14(10-12)22-19(25)20-11-17-23-15-6-1-2-7-16(15)26-17/h1-7,10,13H,8-9,11H2,(H,21,24)(H2,20,22,25). The number of nitrogens with zero attached hydrogens (tertiary/aromatic N) is 1. The molecule has 1 aromatic heterocycles. The summed E-state index contributed by atoms with van der Waals surface area (Å²) >= 11 is 1.56. The second kappa shape index (κ2) is 7.13. The predicted molar refractivity (Wildman–Crippen MR) is 102 cm³/mol. The summed E-state index contributed by atoms with van der Waals surface area (Å²) in [6.07, 6.45) is 2.08. The van der Waals surface area contributed by atoms with Gasteiger partial charge in [0.2, 0.25) is 0 Å². The molecule has 3 N–H and O–H groups in total. The summed E-state index contributed by atoms with van der Waals surface area (Å²) in [6, 6.07) is 14.8. The molecule has 0 aliphatic heterocycles. The summed E-state index contributed by atoms with van der Waals surface area (Å²) < 4.78 is 1.10. The van der Waals surface area contributed by atoms with Gasteiger partial charge < -0.3 is 16.0 Å². The largest absolute Gasteiger partial charge is 0.349 e. The molecule has 0 bridgehead atoms. The highest BCUT2D eigenvalue weighted by molar-refractivity contribution is 7.18. The Labute approximate surface area is 154 Å². The van der Waals surface area contributed by atoms with E-state index in [4.69, 9.17) is 0 Å². The normalized spacial score (nSPS) is 13.4. The minimum atomic E-state index is -0.330. The number of benzene rings is 2. The van der Waals surface area contributed by atoms with Gasteiger partial charge in [-0.15, -0.1) is 11.3 Å². The van der Waals surface area contributed by atoms with E-state index in [1.54, 1.807) is 35.6 Å². The van der Waals surface area contributed by atoms with Gasteiger partial charge in [0.15, 0.2) is 0 Å². The van der Waals surface area contributed by atoms with Crippen molar-refractivity contribution in [3.8, 4) is 0 Å². The fraction of sp³-hybridized carbons (Fsp3) is 0.211. The van der Waals surface area contributed by atoms with Crippen molar-refractivity contribution in [3.05, 3.63) is 59.1 Å². The Balaban J connectivity index is 1.34. The van der Waals surface area contributed by atoms with Crippen molar-refractivity contribution >= 4 is 39.2 Å². The minimum Gasteiger partial charge on any atom is -0.349 e. The van der Waals surface area contributed by atoms with E-state index in [0.717, 1.165) is 28.1 Å². The third-order valence-electron chi connectivity index (χ3n) is 4.03. The van der Waals surface area contributed by atoms with Crippen LogP contribution in [0.1, 0.15) is 28.2 Å². The van der Waals surface area contributed by atoms with Gasteiger partial charge in [0.05, 0.1) is 16.8 Å². The molecule has 4 rings (SSSR count). The lowest BCUT2D eigenvalue weighted by atomic mass is 10.2. The van der Waals surface area contributed by atoms with E-state index in [2.05, 4.69) is 20.9 Å². The zero-order valence-corrected chi connectivity index (χ0v) is 14.8. The number of aromatic nitrogens is 1. The number of amides is 3. The first-order valence-corrected chi connectivity index (χ1v) is 9.29. The molecule has 1 fully saturated rings. The molecule has 132 valence electrons. The fourth-order valence-electron chi connectivity index (χ4n) is 2.56. The Morgan fingerprint density at radius 2 is 1.96 bits per heavy atom. The Morgan fingerprint density at radius 1 is 1.12 bits per heavy atom. The molecule has 0 spiro atoms. The lowest BCUT2D eigenvalue weighted by Gasteiger charge is -2.08. The molecule has 0 saturated heterocycles. The van der Waals surface area contributed by atoms with Crippen molar-refractivity contribution in [2.45, 2.75) is 25.4 Å². The smallest absolute Gasteiger partial charge is 0.319 e. The van der Waals surface area contributed by atoms with Crippen molar-refractivity contribution in [2.24, 2.45) is 0 Å². The third-order valence-corrected chi connectivity index (χ3v) is 5.07. The number of carbonyl (C=O) groups excluding carboxylic acids is 2. The second-order valence-electron chi connectivity index (χ2n) is 6.21. The zero-order chi connectivity index (χ0) is 17.9. The molecule has 0 unspecified atom stereocenters. The van der Waals surface area contributed by atoms with Crippen molar-refractivity contribution in [3.63, 3.8) is 0 Å². The van der Waals surface area contributed by atoms with E-state index in [1.807, 2.05) is 24.3 Å². The summed E-state index contributed by atoms with van der Waals surface area (Å²) in [5.41, 5.74) is 2.06. The lowest BCUT2D eigenvalue weighted by Crippen LogP contribution is -2.28. The minimum absolute atomic E-state index is 0.106. The van der Waals surface area contributed by atoms with Crippen LogP contribution >= 0.6 is 11.3 Å². The Kier molecular flexibility index (Phi) is 4.53. The molecule has 6 nitrogen and oxygen atoms in total. The number of anilines is 1. The van der Waals surface area contributed by atoms with Crippen LogP contribution in [0.25, 0.3) is 10.2 Å². The van der Waals surface area contributed by atoms with Gasteiger partial charge in [0.25, 0.3) is 5.91 Å². The van der Waals surface area contributed by atoms with Gasteiger partial charge in [0, 0.05) is 17.3 Å². The maximum Gasteiger partial charge on any atom is 0.319 e. The summed E-state index contributed by atoms with van der Waals surface area (Å²) in [5, 5.41) is 9.34. The number of rotatable bonds is 5. The summed E-state index contributed by atoms with van der Waals surface area (Å²) in [7, 11) is 0. The number of fused-ring (bicyclic) bond motifs is 1. The number of nitrogens with one attached hydrogen (secondary N) is 3. The van der Waals surface area contributed by atoms with E-state index >= 15 is 0 Å². The highest BCUT2D eigenvalue weighted by Gasteiger charge is 2.23. The molecule has 3 amide bonds. The van der Waals surface area contributed by atoms with E-state index in [9.17, 15) is 9.59 Å². The number of hydrogen-bond acceptors (Lipinski definition) is 4. The molecule has 1 aliphatic rings. The van der Waals surface area contributed by atoms with E-state index < -0.39 is 0 Å². The molecule has 2 aromatic carbocycles. The first-order chi connectivity index (χ1) is 12.7. The zero-order valence-electron chi connectivity index (χ0n) is 14.0. The first kappa shape index (κ1) is 16.5. The average molecular weight is 366 g/mol. The topological polar surface area (TPSA) is 83.1 Å². The van der Waals surface area contributed by atoms with Crippen molar-refractivity contribution in [2.75, 3.05) is 5.32 Å². The van der Waals surface area contributed by atoms with Crippen LogP contribution in [0.2, 0.25) is 0 Å². The molecule has 0 atom stereocenters. The van der Waals surface area contributed by atoms with E-state index in [1.165, 1.54) is 0 Å². The highest BCUT2D eigenvalue weighted by atomic mass is 32.1. The molecular weight excluding hydrogens is 348 g/mol. The molecule has 3 aromatic rings. The lowest BCUT2D eigenvalue weighted by molar-refractivity contribution is 0.0951. The summed E-state index contributed by atoms with van der Waals surface area (Å²) in [4.78, 5) is 28.7. The molecule has 1 saturated carbocycles. The van der Waals surface area contributed by atoms with Crippen LogP contribution in [0.5, 0.6) is 0 Å². The van der Waals surface area contributed by atoms with Crippen LogP contribution in [0, 0.1) is 0 Å². The van der Waals surface area contributed by atoms with Crippen LogP contribution < -0.4 is 16.0 Å². The summed E-state index contributed by atoms with van der Waals surface area (Å²) in [6.45, 7) is 0.354. The maximum atomic E-state index is 12.1. The number of carbonyl (C=O) groups is 2. The molecule has 1 aliphatic carbocycles. The van der Waals surface area contributed by atoms with E-state index in [0.29, 0.717) is 23.8 Å². The van der Waals surface area contributed by atoms with Crippen LogP contribution in [0.3, 0.4) is 0 Å². The van der Waals surface area contributed by atoms with Gasteiger partial charge >= 0.3 is 6.03 Å². The van der Waals surface area contributed by atoms with Gasteiger partial charge in [0.1, 0.15) is 5.01 Å². The number of thiazole rings is 1. The second-order valence-corrected chi connectivity index (χ2v) is 7.33. The number of hydrogen-bond donors (Lipinski definition) is 3. The fourth-order valence-corrected chi connectivity index (χ4v) is 3.47. The molecular formula is C19H18N4O2S. The number of para-hydroxylation sites is 1. The highest BCUT2D eigenvalue weighted by Crippen LogP contribution is 2.21. The number of urea groups is 1. The molecule has 26 heavy (non-hydrogen) atoms. The van der Waals surface area contributed by atoms with Crippen molar-refractivity contribution in [1.29, 1.82) is 0 Å². The Bertz CT molecular complexity index is 932. The Morgan fingerprint density at radius 3 is 2.77 bits per heavy atom. The third kappa shape index (κ3) is 4.00. The van der Waals surface area contributed by atoms with Gasteiger partial charge in [-0.25, -0.2) is 9.78 Å². The molecule has 1 heterocycles. The average Bonchev–Trinajstić information content (AvgIpc) is 3.35. The predicted octanol–water partition coefficient (Wildman–Crippen LogP) is 3.51. The van der Waals surface area contributed by atoms with Gasteiger partial charge in [-0.1, -0.05) is 18.2 Å². The van der Waals surface area contributed by atoms with Crippen LogP contribution in [0.15, 0.2) is 48.5 Å². The first-order valence-electron chi connectivity index (χ1n) is 8.47. The molecule has 0 radical (unpaired) electrons. The van der Waals surface area contributed by atoms with E-state index in [-0.39, 0.29) is 11.9 Å². The van der Waals surface area contributed by atoms with Gasteiger partial charge in [-0.2, -0.15) is 0 Å².